The van der Waals surface area contributed by atoms with Gasteiger partial charge >= 0.3 is 47.6 Å². The van der Waals surface area contributed by atoms with Crippen molar-refractivity contribution in [3.63, 3.8) is 0 Å². The van der Waals surface area contributed by atoms with E-state index in [4.69, 9.17) is 0 Å². The molecule has 2 rings (SSSR count). The Hall–Kier alpha value is -2.79. The molecular weight excluding hydrogens is 615 g/mol. The first-order valence-corrected chi connectivity index (χ1v) is 10.6. The van der Waals surface area contributed by atoms with Crippen molar-refractivity contribution >= 4 is 0 Å². The van der Waals surface area contributed by atoms with Crippen LogP contribution in [0.15, 0.2) is 54.6 Å². The SMILES string of the molecule is COC(CC(F)(F)C(F)(F)C(F)(F)C(F)(F)C(F)(F)C(F)(F)C(F)(F)C(F)(F)F)c1ccccc1-c1ccccc1. The average molecular weight is 630 g/mol. The van der Waals surface area contributed by atoms with Gasteiger partial charge in [0.05, 0.1) is 6.10 Å². The summed E-state index contributed by atoms with van der Waals surface area (Å²) in [6.07, 6.45) is -12.9. The fourth-order valence-electron chi connectivity index (χ4n) is 3.54. The molecule has 232 valence electrons. The molecule has 0 aliphatic heterocycles. The second-order valence-electron chi connectivity index (χ2n) is 8.53. The summed E-state index contributed by atoms with van der Waals surface area (Å²) >= 11 is 0. The van der Waals surface area contributed by atoms with E-state index >= 15 is 0 Å². The highest BCUT2D eigenvalue weighted by Gasteiger charge is 2.95. The van der Waals surface area contributed by atoms with Gasteiger partial charge in [-0.15, -0.1) is 0 Å². The Labute approximate surface area is 218 Å². The molecule has 0 aliphatic carbocycles. The van der Waals surface area contributed by atoms with Gasteiger partial charge in [-0.1, -0.05) is 54.6 Å². The van der Waals surface area contributed by atoms with E-state index in [1.165, 1.54) is 42.5 Å². The molecule has 0 amide bonds. The number of hydrogen-bond acceptors (Lipinski definition) is 1. The van der Waals surface area contributed by atoms with Gasteiger partial charge in [-0.05, 0) is 16.7 Å². The lowest BCUT2D eigenvalue weighted by atomic mass is 9.86. The van der Waals surface area contributed by atoms with Crippen LogP contribution < -0.4 is 0 Å². The van der Waals surface area contributed by atoms with Crippen molar-refractivity contribution in [2.24, 2.45) is 0 Å². The molecule has 41 heavy (non-hydrogen) atoms. The first kappa shape index (κ1) is 34.4. The Bertz CT molecular complexity index is 1190. The Morgan fingerprint density at radius 3 is 1.34 bits per heavy atom. The molecular formula is C23H15F17O. The minimum atomic E-state index is -8.66. The summed E-state index contributed by atoms with van der Waals surface area (Å²) in [5.41, 5.74) is -0.324. The Morgan fingerprint density at radius 2 is 0.902 bits per heavy atom. The van der Waals surface area contributed by atoms with Crippen LogP contribution in [0.25, 0.3) is 11.1 Å². The van der Waals surface area contributed by atoms with Gasteiger partial charge in [-0.25, -0.2) is 0 Å². The molecule has 1 unspecified atom stereocenters. The lowest BCUT2D eigenvalue weighted by Crippen LogP contribution is -2.74. The smallest absolute Gasteiger partial charge is 0.377 e. The summed E-state index contributed by atoms with van der Waals surface area (Å²) in [6, 6.07) is 11.5. The molecule has 0 heterocycles. The molecule has 0 aliphatic rings. The van der Waals surface area contributed by atoms with E-state index in [1.54, 1.807) is 0 Å². The number of ether oxygens (including phenoxy) is 1. The molecule has 1 atom stereocenters. The van der Waals surface area contributed by atoms with Gasteiger partial charge < -0.3 is 4.74 Å². The van der Waals surface area contributed by atoms with Gasteiger partial charge in [-0.2, -0.15) is 74.6 Å². The predicted octanol–water partition coefficient (Wildman–Crippen LogP) is 9.44. The monoisotopic (exact) mass is 630 g/mol. The highest BCUT2D eigenvalue weighted by molar-refractivity contribution is 5.67. The zero-order chi connectivity index (χ0) is 32.1. The standard InChI is InChI=1S/C23H15F17O/c1-41-15(14-10-6-5-9-13(14)12-7-3-2-4-8-12)11-16(24,25)17(26,27)18(28,29)19(30,31)20(32,33)21(34,35)22(36,37)23(38,39)40/h2-10,15H,11H2,1H3. The third-order valence-electron chi connectivity index (χ3n) is 5.91. The summed E-state index contributed by atoms with van der Waals surface area (Å²) < 4.78 is 235. The number of methoxy groups -OCH3 is 1. The summed E-state index contributed by atoms with van der Waals surface area (Å²) in [5, 5.41) is 0. The number of hydrogen-bond donors (Lipinski definition) is 0. The van der Waals surface area contributed by atoms with E-state index in [1.807, 2.05) is 0 Å². The molecule has 2 aromatic rings. The van der Waals surface area contributed by atoms with Gasteiger partial charge in [0.25, 0.3) is 0 Å². The molecule has 0 aromatic heterocycles. The number of benzene rings is 2. The maximum absolute atomic E-state index is 14.6. The summed E-state index contributed by atoms with van der Waals surface area (Å²) in [6.45, 7) is 0. The van der Waals surface area contributed by atoms with Crippen molar-refractivity contribution in [1.29, 1.82) is 0 Å². The number of rotatable bonds is 11. The first-order chi connectivity index (χ1) is 18.3. The first-order valence-electron chi connectivity index (χ1n) is 10.6. The zero-order valence-corrected chi connectivity index (χ0v) is 19.8. The van der Waals surface area contributed by atoms with Crippen LogP contribution in [0.3, 0.4) is 0 Å². The van der Waals surface area contributed by atoms with Crippen molar-refractivity contribution in [3.05, 3.63) is 60.2 Å². The third kappa shape index (κ3) is 5.20. The highest BCUT2D eigenvalue weighted by atomic mass is 19.4. The van der Waals surface area contributed by atoms with Gasteiger partial charge in [0, 0.05) is 13.5 Å². The minimum absolute atomic E-state index is 0.0586. The molecule has 0 spiro atoms. The Morgan fingerprint density at radius 1 is 0.512 bits per heavy atom. The quantitative estimate of drug-likeness (QED) is 0.225. The van der Waals surface area contributed by atoms with Crippen molar-refractivity contribution in [3.8, 4) is 11.1 Å². The summed E-state index contributed by atoms with van der Waals surface area (Å²) in [7, 11) is 0.557. The lowest BCUT2D eigenvalue weighted by Gasteiger charge is -2.43. The van der Waals surface area contributed by atoms with Crippen molar-refractivity contribution < 1.29 is 79.4 Å². The topological polar surface area (TPSA) is 9.23 Å². The largest absolute Gasteiger partial charge is 0.460 e. The molecule has 0 saturated carbocycles. The molecule has 18 heteroatoms. The van der Waals surface area contributed by atoms with Crippen LogP contribution in [0.4, 0.5) is 74.6 Å². The molecule has 0 N–H and O–H groups in total. The van der Waals surface area contributed by atoms with E-state index < -0.39 is 65.7 Å². The Kier molecular flexibility index (Phi) is 8.80. The maximum Gasteiger partial charge on any atom is 0.460 e. The van der Waals surface area contributed by atoms with Gasteiger partial charge in [-0.3, -0.25) is 0 Å². The van der Waals surface area contributed by atoms with E-state index in [0.29, 0.717) is 7.11 Å². The molecule has 1 nitrogen and oxygen atoms in total. The van der Waals surface area contributed by atoms with Crippen molar-refractivity contribution in [2.45, 2.75) is 60.2 Å². The summed E-state index contributed by atoms with van der Waals surface area (Å²) in [4.78, 5) is 0. The van der Waals surface area contributed by atoms with Crippen LogP contribution in [-0.2, 0) is 4.74 Å². The van der Waals surface area contributed by atoms with Crippen LogP contribution in [0.2, 0.25) is 0 Å². The van der Waals surface area contributed by atoms with Crippen molar-refractivity contribution in [2.75, 3.05) is 7.11 Å². The van der Waals surface area contributed by atoms with Crippen LogP contribution in [-0.4, -0.2) is 54.7 Å². The minimum Gasteiger partial charge on any atom is -0.377 e. The molecule has 0 bridgehead atoms. The maximum atomic E-state index is 14.6. The van der Waals surface area contributed by atoms with Crippen LogP contribution in [0, 0.1) is 0 Å². The van der Waals surface area contributed by atoms with Crippen LogP contribution in [0.1, 0.15) is 18.1 Å². The van der Waals surface area contributed by atoms with Crippen molar-refractivity contribution in [1.82, 2.24) is 0 Å². The van der Waals surface area contributed by atoms with E-state index in [-0.39, 0.29) is 11.1 Å². The predicted molar refractivity (Wildman–Crippen MR) is 107 cm³/mol. The van der Waals surface area contributed by atoms with Gasteiger partial charge in [0.2, 0.25) is 0 Å². The third-order valence-corrected chi connectivity index (χ3v) is 5.91. The molecule has 2 aromatic carbocycles. The molecule has 0 saturated heterocycles. The second kappa shape index (κ2) is 10.5. The normalized spacial score (nSPS) is 15.7. The second-order valence-corrected chi connectivity index (χ2v) is 8.53. The zero-order valence-electron chi connectivity index (χ0n) is 19.8. The van der Waals surface area contributed by atoms with E-state index in [9.17, 15) is 74.6 Å². The van der Waals surface area contributed by atoms with E-state index in [2.05, 4.69) is 4.74 Å². The summed E-state index contributed by atoms with van der Waals surface area (Å²) in [5.74, 6) is -56.7. The fraction of sp³-hybridized carbons (Fsp3) is 0.478. The molecule has 0 fully saturated rings. The lowest BCUT2D eigenvalue weighted by molar-refractivity contribution is -0.462. The highest BCUT2D eigenvalue weighted by Crippen LogP contribution is 2.64. The number of halogens is 17. The van der Waals surface area contributed by atoms with Gasteiger partial charge in [0.1, 0.15) is 0 Å². The van der Waals surface area contributed by atoms with Crippen LogP contribution >= 0.6 is 0 Å². The van der Waals surface area contributed by atoms with E-state index in [0.717, 1.165) is 12.1 Å². The van der Waals surface area contributed by atoms with Gasteiger partial charge in [0.15, 0.2) is 0 Å². The fourth-order valence-corrected chi connectivity index (χ4v) is 3.54. The molecule has 0 radical (unpaired) electrons. The number of alkyl halides is 17. The average Bonchev–Trinajstić information content (AvgIpc) is 2.86. The van der Waals surface area contributed by atoms with Crippen LogP contribution in [0.5, 0.6) is 0 Å². The Balaban J connectivity index is 2.59.